The second-order valence-electron chi connectivity index (χ2n) is 20.2. The number of rotatable bonds is 10. The van der Waals surface area contributed by atoms with E-state index in [0.717, 1.165) is 11.1 Å². The Bertz CT molecular complexity index is 4550. The molecule has 0 aliphatic carbocycles. The van der Waals surface area contributed by atoms with Crippen molar-refractivity contribution in [2.75, 3.05) is 0 Å². The molecule has 1 heteroatoms. The maximum Gasteiger partial charge on any atom is 0.0361 e. The molecule has 0 bridgehead atoms. The highest BCUT2D eigenvalue weighted by Crippen LogP contribution is 2.51. The second kappa shape index (κ2) is 19.8. The number of benzene rings is 13. The predicted octanol–water partition coefficient (Wildman–Crippen LogP) is 22.5. The third kappa shape index (κ3) is 8.07. The van der Waals surface area contributed by atoms with E-state index in [1.807, 2.05) is 17.4 Å². The van der Waals surface area contributed by atoms with Crippen molar-refractivity contribution in [1.29, 1.82) is 0 Å². The molecular weight excluding hydrogens is 957 g/mol. The summed E-state index contributed by atoms with van der Waals surface area (Å²) in [4.78, 5) is 0. The van der Waals surface area contributed by atoms with E-state index in [1.54, 1.807) is 0 Å². The molecule has 0 spiro atoms. The fourth-order valence-corrected chi connectivity index (χ4v) is 13.4. The molecule has 1 heterocycles. The van der Waals surface area contributed by atoms with Crippen molar-refractivity contribution in [3.05, 3.63) is 297 Å². The van der Waals surface area contributed by atoms with Gasteiger partial charge in [0.25, 0.3) is 0 Å². The highest BCUT2D eigenvalue weighted by atomic mass is 32.1. The Balaban J connectivity index is 0.994. The van der Waals surface area contributed by atoms with Crippen molar-refractivity contribution in [2.45, 2.75) is 6.92 Å². The molecular formula is C77H52S. The Kier molecular flexibility index (Phi) is 11.9. The van der Waals surface area contributed by atoms with Gasteiger partial charge in [0.1, 0.15) is 0 Å². The SMILES string of the molecule is C=C/C(=C\C=C/C)c1cc(-c2ccccc2)cc(-c2c3ccccc3c(-c3cccc4sc5ccc(-c6c7ccccc7c(-c7cc(-c8ccccc8)cc(-c8ccccc8)c7)c7ccccc67)cc5c34)c3ccccc23)c1. The first-order valence-electron chi connectivity index (χ1n) is 26.9. The van der Waals surface area contributed by atoms with E-state index < -0.39 is 0 Å². The minimum Gasteiger partial charge on any atom is -0.135 e. The lowest BCUT2D eigenvalue weighted by atomic mass is 9.83. The molecule has 0 saturated heterocycles. The van der Waals surface area contributed by atoms with E-state index in [4.69, 9.17) is 0 Å². The van der Waals surface area contributed by atoms with Crippen molar-refractivity contribution in [1.82, 2.24) is 0 Å². The van der Waals surface area contributed by atoms with Crippen molar-refractivity contribution in [2.24, 2.45) is 0 Å². The lowest BCUT2D eigenvalue weighted by molar-refractivity contribution is 1.57. The smallest absolute Gasteiger partial charge is 0.0361 e. The molecule has 0 aliphatic heterocycles. The quantitative estimate of drug-likeness (QED) is 0.0946. The summed E-state index contributed by atoms with van der Waals surface area (Å²) in [6, 6.07) is 96.9. The summed E-state index contributed by atoms with van der Waals surface area (Å²) < 4.78 is 2.55. The van der Waals surface area contributed by atoms with Crippen LogP contribution in [0.1, 0.15) is 12.5 Å². The first-order valence-corrected chi connectivity index (χ1v) is 27.7. The number of allylic oxidation sites excluding steroid dienone is 5. The average Bonchev–Trinajstić information content (AvgIpc) is 4.01. The molecule has 0 saturated carbocycles. The third-order valence-corrected chi connectivity index (χ3v) is 16.8. The van der Waals surface area contributed by atoms with Crippen LogP contribution in [0.3, 0.4) is 0 Å². The van der Waals surface area contributed by atoms with Crippen LogP contribution in [0.4, 0.5) is 0 Å². The van der Waals surface area contributed by atoms with Crippen LogP contribution >= 0.6 is 11.3 Å². The molecule has 0 unspecified atom stereocenters. The van der Waals surface area contributed by atoms with Crippen molar-refractivity contribution >= 4 is 80.2 Å². The Morgan fingerprint density at radius 2 is 0.718 bits per heavy atom. The molecule has 0 radical (unpaired) electrons. The molecule has 366 valence electrons. The zero-order valence-corrected chi connectivity index (χ0v) is 44.1. The fourth-order valence-electron chi connectivity index (χ4n) is 12.3. The summed E-state index contributed by atoms with van der Waals surface area (Å²) in [6.45, 7) is 6.32. The summed E-state index contributed by atoms with van der Waals surface area (Å²) >= 11 is 1.88. The van der Waals surface area contributed by atoms with Gasteiger partial charge in [-0.15, -0.1) is 11.3 Å². The normalized spacial score (nSPS) is 12.0. The van der Waals surface area contributed by atoms with Gasteiger partial charge in [0, 0.05) is 20.2 Å². The number of hydrogen-bond acceptors (Lipinski definition) is 1. The Labute approximate surface area is 459 Å². The Morgan fingerprint density at radius 3 is 1.18 bits per heavy atom. The highest BCUT2D eigenvalue weighted by molar-refractivity contribution is 7.26. The molecule has 0 fully saturated rings. The van der Waals surface area contributed by atoms with Gasteiger partial charge in [-0.3, -0.25) is 0 Å². The van der Waals surface area contributed by atoms with Gasteiger partial charge in [-0.05, 0) is 194 Å². The van der Waals surface area contributed by atoms with Gasteiger partial charge >= 0.3 is 0 Å². The van der Waals surface area contributed by atoms with Gasteiger partial charge in [-0.1, -0.05) is 237 Å². The summed E-state index contributed by atoms with van der Waals surface area (Å²) in [5.74, 6) is 0. The van der Waals surface area contributed by atoms with Crippen LogP contribution in [0.25, 0.3) is 147 Å². The monoisotopic (exact) mass is 1010 g/mol. The summed E-state index contributed by atoms with van der Waals surface area (Å²) in [5, 5.41) is 12.4. The van der Waals surface area contributed by atoms with Crippen LogP contribution < -0.4 is 0 Å². The molecule has 14 rings (SSSR count). The number of thiophene rings is 1. The molecule has 78 heavy (non-hydrogen) atoms. The first kappa shape index (κ1) is 46.8. The lowest BCUT2D eigenvalue weighted by Crippen LogP contribution is -1.93. The molecule has 13 aromatic carbocycles. The molecule has 1 aromatic heterocycles. The highest BCUT2D eigenvalue weighted by Gasteiger charge is 2.23. The Morgan fingerprint density at radius 1 is 0.321 bits per heavy atom. The molecule has 0 nitrogen and oxygen atoms in total. The van der Waals surface area contributed by atoms with Crippen molar-refractivity contribution in [3.8, 4) is 77.9 Å². The van der Waals surface area contributed by atoms with Gasteiger partial charge in [-0.2, -0.15) is 0 Å². The van der Waals surface area contributed by atoms with E-state index in [1.165, 1.54) is 141 Å². The molecule has 0 N–H and O–H groups in total. The maximum atomic E-state index is 4.27. The summed E-state index contributed by atoms with van der Waals surface area (Å²) in [7, 11) is 0. The molecule has 0 aliphatic rings. The average molecular weight is 1010 g/mol. The Hall–Kier alpha value is -9.66. The van der Waals surface area contributed by atoms with E-state index >= 15 is 0 Å². The van der Waals surface area contributed by atoms with E-state index in [2.05, 4.69) is 293 Å². The van der Waals surface area contributed by atoms with Gasteiger partial charge in [0.05, 0.1) is 0 Å². The first-order chi connectivity index (χ1) is 38.6. The predicted molar refractivity (Wildman–Crippen MR) is 340 cm³/mol. The van der Waals surface area contributed by atoms with Gasteiger partial charge in [0.15, 0.2) is 0 Å². The van der Waals surface area contributed by atoms with E-state index in [-0.39, 0.29) is 0 Å². The van der Waals surface area contributed by atoms with Crippen LogP contribution in [-0.4, -0.2) is 0 Å². The van der Waals surface area contributed by atoms with Crippen LogP contribution in [-0.2, 0) is 0 Å². The van der Waals surface area contributed by atoms with E-state index in [0.29, 0.717) is 0 Å². The van der Waals surface area contributed by atoms with Crippen LogP contribution in [0.15, 0.2) is 292 Å². The van der Waals surface area contributed by atoms with Crippen molar-refractivity contribution in [3.63, 3.8) is 0 Å². The minimum atomic E-state index is 1.08. The molecule has 0 atom stereocenters. The topological polar surface area (TPSA) is 0 Å². The maximum absolute atomic E-state index is 4.27. The number of hydrogen-bond donors (Lipinski definition) is 0. The van der Waals surface area contributed by atoms with Crippen LogP contribution in [0, 0.1) is 0 Å². The van der Waals surface area contributed by atoms with Gasteiger partial charge in [-0.25, -0.2) is 0 Å². The summed E-state index contributed by atoms with van der Waals surface area (Å²) in [6.07, 6.45) is 8.29. The fraction of sp³-hybridized carbons (Fsp3) is 0.0130. The van der Waals surface area contributed by atoms with Crippen LogP contribution in [0.5, 0.6) is 0 Å². The standard InChI is InChI=1S/C77H52S/c1-3-5-24-50(4-2)55-43-56(51-25-9-6-10-26-51)46-59(45-55)75-65-35-19-21-37-67(65)76(68-38-22-20-36-66(68)75)69-39-23-40-72-77(69)70-49-54(41-42-71(70)78-72)73-61-31-15-17-33-63(61)74(64-34-18-16-32-62(64)73)60-47-57(52-27-11-7-12-28-52)44-58(48-60)53-29-13-8-14-30-53/h3-49H,2H2,1H3/b5-3-,50-24+. The molecule has 14 aromatic rings. The molecule has 0 amide bonds. The minimum absolute atomic E-state index is 1.08. The lowest BCUT2D eigenvalue weighted by Gasteiger charge is -2.20. The third-order valence-electron chi connectivity index (χ3n) is 15.7. The zero-order chi connectivity index (χ0) is 52.1. The van der Waals surface area contributed by atoms with Gasteiger partial charge < -0.3 is 0 Å². The zero-order valence-electron chi connectivity index (χ0n) is 43.3. The van der Waals surface area contributed by atoms with Crippen molar-refractivity contribution < 1.29 is 0 Å². The largest absolute Gasteiger partial charge is 0.135 e. The van der Waals surface area contributed by atoms with E-state index in [9.17, 15) is 0 Å². The summed E-state index contributed by atoms with van der Waals surface area (Å²) in [5.41, 5.74) is 19.2. The van der Waals surface area contributed by atoms with Crippen LogP contribution in [0.2, 0.25) is 0 Å². The van der Waals surface area contributed by atoms with Gasteiger partial charge in [0.2, 0.25) is 0 Å². The second-order valence-corrected chi connectivity index (χ2v) is 21.3. The number of fused-ring (bicyclic) bond motifs is 7.